The zero-order valence-corrected chi connectivity index (χ0v) is 6.94. The number of nitrogens with one attached hydrogen (secondary N) is 1. The number of hydrogen-bond acceptors (Lipinski definition) is 1. The lowest BCUT2D eigenvalue weighted by molar-refractivity contribution is 1.37. The third-order valence-electron chi connectivity index (χ3n) is 1.48. The van der Waals surface area contributed by atoms with Gasteiger partial charge in [-0.15, -0.1) is 0 Å². The third kappa shape index (κ3) is 1.71. The van der Waals surface area contributed by atoms with E-state index in [2.05, 4.69) is 0 Å². The van der Waals surface area contributed by atoms with Gasteiger partial charge in [0.05, 0.1) is 0 Å². The smallest absolute Gasteiger partial charge is 0.123 e. The Bertz CT molecular complexity index is 294. The summed E-state index contributed by atoms with van der Waals surface area (Å²) in [7, 11) is 0. The lowest BCUT2D eigenvalue weighted by Crippen LogP contribution is -2.12. The van der Waals surface area contributed by atoms with Gasteiger partial charge in [-0.2, -0.15) is 0 Å². The van der Waals surface area contributed by atoms with Crippen molar-refractivity contribution in [2.45, 2.75) is 6.92 Å². The van der Waals surface area contributed by atoms with E-state index in [1.807, 2.05) is 6.92 Å². The molecule has 3 heteroatoms. The monoisotopic (exact) mass is 168 g/mol. The first kappa shape index (κ1) is 8.08. The van der Waals surface area contributed by atoms with E-state index < -0.39 is 0 Å². The van der Waals surface area contributed by atoms with E-state index in [4.69, 9.17) is 22.7 Å². The molecule has 1 aromatic rings. The van der Waals surface area contributed by atoms with Crippen LogP contribution in [-0.2, 0) is 0 Å². The number of benzene rings is 1. The molecule has 0 saturated heterocycles. The lowest BCUT2D eigenvalue weighted by Gasteiger charge is -2.02. The maximum absolute atomic E-state index is 7.18. The van der Waals surface area contributed by atoms with Crippen molar-refractivity contribution in [3.8, 4) is 0 Å². The molecule has 0 atom stereocenters. The van der Waals surface area contributed by atoms with Gasteiger partial charge in [0.2, 0.25) is 0 Å². The second-order valence-corrected chi connectivity index (χ2v) is 2.81. The fraction of sp³-hybridized carbons (Fsp3) is 0.125. The summed E-state index contributed by atoms with van der Waals surface area (Å²) >= 11 is 5.71. The van der Waals surface area contributed by atoms with Crippen LogP contribution in [0.25, 0.3) is 0 Å². The Labute approximate surface area is 70.5 Å². The Morgan fingerprint density at radius 2 is 2.18 bits per heavy atom. The SMILES string of the molecule is Cc1cc(Cl)ccc1C(=N)N. The molecule has 0 bridgehead atoms. The minimum absolute atomic E-state index is 0.0826. The van der Waals surface area contributed by atoms with Crippen molar-refractivity contribution in [3.05, 3.63) is 34.3 Å². The molecule has 0 aliphatic heterocycles. The quantitative estimate of drug-likeness (QED) is 0.489. The third-order valence-corrected chi connectivity index (χ3v) is 1.71. The first-order valence-corrected chi connectivity index (χ1v) is 3.59. The Hall–Kier alpha value is -1.02. The van der Waals surface area contributed by atoms with Crippen LogP contribution in [-0.4, -0.2) is 5.84 Å². The molecule has 0 unspecified atom stereocenters. The highest BCUT2D eigenvalue weighted by Crippen LogP contribution is 2.14. The molecule has 0 saturated carbocycles. The van der Waals surface area contributed by atoms with E-state index in [-0.39, 0.29) is 5.84 Å². The molecule has 1 rings (SSSR count). The van der Waals surface area contributed by atoms with Gasteiger partial charge in [-0.1, -0.05) is 11.6 Å². The molecule has 3 N–H and O–H groups in total. The summed E-state index contributed by atoms with van der Waals surface area (Å²) < 4.78 is 0. The molecule has 58 valence electrons. The van der Waals surface area contributed by atoms with Crippen LogP contribution in [0.15, 0.2) is 18.2 Å². The maximum atomic E-state index is 7.18. The van der Waals surface area contributed by atoms with E-state index in [9.17, 15) is 0 Å². The minimum Gasteiger partial charge on any atom is -0.384 e. The highest BCUT2D eigenvalue weighted by atomic mass is 35.5. The Morgan fingerprint density at radius 3 is 2.64 bits per heavy atom. The van der Waals surface area contributed by atoms with Crippen LogP contribution in [0, 0.1) is 12.3 Å². The number of rotatable bonds is 1. The topological polar surface area (TPSA) is 49.9 Å². The molecular formula is C8H9ClN2. The summed E-state index contributed by atoms with van der Waals surface area (Å²) in [6.45, 7) is 1.88. The van der Waals surface area contributed by atoms with E-state index in [1.165, 1.54) is 0 Å². The van der Waals surface area contributed by atoms with Crippen molar-refractivity contribution >= 4 is 17.4 Å². The van der Waals surface area contributed by atoms with Crippen LogP contribution < -0.4 is 5.73 Å². The summed E-state index contributed by atoms with van der Waals surface area (Å²) in [6, 6.07) is 5.27. The summed E-state index contributed by atoms with van der Waals surface area (Å²) in [5, 5.41) is 7.85. The average molecular weight is 169 g/mol. The predicted molar refractivity (Wildman–Crippen MR) is 47.2 cm³/mol. The standard InChI is InChI=1S/C8H9ClN2/c1-5-4-6(9)2-3-7(5)8(10)11/h2-4H,1H3,(H3,10,11). The van der Waals surface area contributed by atoms with Gasteiger partial charge in [0.25, 0.3) is 0 Å². The van der Waals surface area contributed by atoms with Crippen LogP contribution in [0.3, 0.4) is 0 Å². The van der Waals surface area contributed by atoms with Gasteiger partial charge in [-0.25, -0.2) is 0 Å². The highest BCUT2D eigenvalue weighted by Gasteiger charge is 2.00. The van der Waals surface area contributed by atoms with E-state index in [0.717, 1.165) is 11.1 Å². The minimum atomic E-state index is 0.0826. The van der Waals surface area contributed by atoms with E-state index in [1.54, 1.807) is 18.2 Å². The second kappa shape index (κ2) is 2.93. The van der Waals surface area contributed by atoms with Crippen molar-refractivity contribution in [1.29, 1.82) is 5.41 Å². The highest BCUT2D eigenvalue weighted by molar-refractivity contribution is 6.30. The number of nitrogens with two attached hydrogens (primary N) is 1. The molecule has 0 aromatic heterocycles. The number of amidine groups is 1. The average Bonchev–Trinajstić information content (AvgIpc) is 1.85. The molecule has 0 aliphatic rings. The Kier molecular flexibility index (Phi) is 2.15. The van der Waals surface area contributed by atoms with Gasteiger partial charge in [0, 0.05) is 10.6 Å². The molecule has 0 fully saturated rings. The first-order chi connectivity index (χ1) is 5.11. The molecule has 0 radical (unpaired) electrons. The van der Waals surface area contributed by atoms with Gasteiger partial charge in [-0.05, 0) is 30.7 Å². The van der Waals surface area contributed by atoms with Gasteiger partial charge >= 0.3 is 0 Å². The second-order valence-electron chi connectivity index (χ2n) is 2.37. The molecule has 0 aliphatic carbocycles. The van der Waals surface area contributed by atoms with Gasteiger partial charge < -0.3 is 5.73 Å². The van der Waals surface area contributed by atoms with Gasteiger partial charge in [0.15, 0.2) is 0 Å². The maximum Gasteiger partial charge on any atom is 0.123 e. The molecule has 0 amide bonds. The van der Waals surface area contributed by atoms with E-state index >= 15 is 0 Å². The number of nitrogen functional groups attached to an aromatic ring is 1. The van der Waals surface area contributed by atoms with Crippen molar-refractivity contribution in [2.75, 3.05) is 0 Å². The van der Waals surface area contributed by atoms with Crippen molar-refractivity contribution in [1.82, 2.24) is 0 Å². The molecule has 1 aromatic carbocycles. The zero-order chi connectivity index (χ0) is 8.43. The van der Waals surface area contributed by atoms with E-state index in [0.29, 0.717) is 5.02 Å². The predicted octanol–water partition coefficient (Wildman–Crippen LogP) is 1.93. The molecule has 0 spiro atoms. The van der Waals surface area contributed by atoms with Crippen molar-refractivity contribution in [2.24, 2.45) is 5.73 Å². The van der Waals surface area contributed by atoms with Crippen LogP contribution in [0.5, 0.6) is 0 Å². The fourth-order valence-corrected chi connectivity index (χ4v) is 1.16. The Morgan fingerprint density at radius 1 is 1.55 bits per heavy atom. The van der Waals surface area contributed by atoms with Crippen LogP contribution in [0.1, 0.15) is 11.1 Å². The Balaban J connectivity index is 3.20. The largest absolute Gasteiger partial charge is 0.384 e. The summed E-state index contributed by atoms with van der Waals surface area (Å²) in [6.07, 6.45) is 0. The van der Waals surface area contributed by atoms with Crippen LogP contribution in [0.2, 0.25) is 5.02 Å². The fourth-order valence-electron chi connectivity index (χ4n) is 0.929. The molecule has 0 heterocycles. The normalized spacial score (nSPS) is 9.64. The van der Waals surface area contributed by atoms with Crippen LogP contribution >= 0.6 is 11.6 Å². The summed E-state index contributed by atoms with van der Waals surface area (Å²) in [5.41, 5.74) is 6.98. The zero-order valence-electron chi connectivity index (χ0n) is 6.19. The first-order valence-electron chi connectivity index (χ1n) is 3.22. The van der Waals surface area contributed by atoms with Crippen molar-refractivity contribution < 1.29 is 0 Å². The van der Waals surface area contributed by atoms with Gasteiger partial charge in [0.1, 0.15) is 5.84 Å². The lowest BCUT2D eigenvalue weighted by atomic mass is 10.1. The van der Waals surface area contributed by atoms with Crippen LogP contribution in [0.4, 0.5) is 0 Å². The van der Waals surface area contributed by atoms with Crippen molar-refractivity contribution in [3.63, 3.8) is 0 Å². The number of hydrogen-bond donors (Lipinski definition) is 2. The van der Waals surface area contributed by atoms with Gasteiger partial charge in [-0.3, -0.25) is 5.41 Å². The molecule has 2 nitrogen and oxygen atoms in total. The number of halogens is 1. The summed E-state index contributed by atoms with van der Waals surface area (Å²) in [4.78, 5) is 0. The number of aryl methyl sites for hydroxylation is 1. The summed E-state index contributed by atoms with van der Waals surface area (Å²) in [5.74, 6) is 0.0826. The molecule has 11 heavy (non-hydrogen) atoms. The molecular weight excluding hydrogens is 160 g/mol.